The van der Waals surface area contributed by atoms with Crippen molar-refractivity contribution in [1.82, 2.24) is 5.32 Å². The molecule has 1 aliphatic carbocycles. The third-order valence-electron chi connectivity index (χ3n) is 3.07. The van der Waals surface area contributed by atoms with Crippen LogP contribution in [0.1, 0.15) is 19.3 Å². The molecule has 0 radical (unpaired) electrons. The number of hydrogen-bond donors (Lipinski definition) is 3. The van der Waals surface area contributed by atoms with Gasteiger partial charge in [0.05, 0.1) is 11.5 Å². The summed E-state index contributed by atoms with van der Waals surface area (Å²) in [5, 5.41) is 20.3. The van der Waals surface area contributed by atoms with Crippen molar-refractivity contribution in [1.29, 1.82) is 0 Å². The normalized spacial score (nSPS) is 23.6. The van der Waals surface area contributed by atoms with E-state index in [9.17, 15) is 9.59 Å². The average Bonchev–Trinajstić information content (AvgIpc) is 2.73. The molecule has 0 aromatic carbocycles. The second kappa shape index (κ2) is 7.55. The first-order valence-corrected chi connectivity index (χ1v) is 6.96. The van der Waals surface area contributed by atoms with Crippen LogP contribution in [-0.4, -0.2) is 46.7 Å². The van der Waals surface area contributed by atoms with Crippen molar-refractivity contribution >= 4 is 23.6 Å². The Morgan fingerprint density at radius 3 is 2.59 bits per heavy atom. The van der Waals surface area contributed by atoms with Crippen molar-refractivity contribution in [2.45, 2.75) is 19.3 Å². The highest BCUT2D eigenvalue weighted by atomic mass is 32.2. The summed E-state index contributed by atoms with van der Waals surface area (Å²) in [6.07, 6.45) is 3.19. The van der Waals surface area contributed by atoms with Gasteiger partial charge in [0.1, 0.15) is 0 Å². The number of amides is 1. The Hall–Kier alpha value is -0.750. The number of aliphatic hydroxyl groups is 1. The topological polar surface area (TPSA) is 86.6 Å². The zero-order valence-corrected chi connectivity index (χ0v) is 10.5. The number of carbonyl (C=O) groups excluding carboxylic acids is 1. The lowest BCUT2D eigenvalue weighted by molar-refractivity contribution is -0.133. The first kappa shape index (κ1) is 14.3. The van der Waals surface area contributed by atoms with E-state index in [2.05, 4.69) is 5.32 Å². The molecule has 5 nitrogen and oxygen atoms in total. The second-order valence-electron chi connectivity index (χ2n) is 4.32. The minimum Gasteiger partial charge on any atom is -0.481 e. The lowest BCUT2D eigenvalue weighted by Crippen LogP contribution is -2.32. The van der Waals surface area contributed by atoms with Gasteiger partial charge >= 0.3 is 5.97 Å². The number of aliphatic carboxylic acids is 1. The number of rotatable bonds is 7. The Morgan fingerprint density at radius 2 is 1.94 bits per heavy atom. The summed E-state index contributed by atoms with van der Waals surface area (Å²) in [4.78, 5) is 21.6. The van der Waals surface area contributed by atoms with E-state index in [0.717, 1.165) is 31.0 Å². The van der Waals surface area contributed by atoms with Crippen LogP contribution in [-0.2, 0) is 9.59 Å². The molecule has 0 aromatic rings. The van der Waals surface area contributed by atoms with Crippen molar-refractivity contribution in [3.8, 4) is 0 Å². The van der Waals surface area contributed by atoms with Crippen LogP contribution in [0.5, 0.6) is 0 Å². The fourth-order valence-corrected chi connectivity index (χ4v) is 2.71. The van der Waals surface area contributed by atoms with Crippen molar-refractivity contribution < 1.29 is 19.8 Å². The van der Waals surface area contributed by atoms with Gasteiger partial charge < -0.3 is 15.5 Å². The first-order chi connectivity index (χ1) is 8.13. The maximum atomic E-state index is 11.4. The molecule has 1 saturated carbocycles. The summed E-state index contributed by atoms with van der Waals surface area (Å²) >= 11 is 1.10. The number of nitrogens with one attached hydrogen (secondary N) is 1. The fraction of sp³-hybridized carbons (Fsp3) is 0.818. The Labute approximate surface area is 105 Å². The van der Waals surface area contributed by atoms with Gasteiger partial charge in [-0.1, -0.05) is 6.42 Å². The van der Waals surface area contributed by atoms with Crippen LogP contribution in [0.4, 0.5) is 0 Å². The Balaban J connectivity index is 2.12. The van der Waals surface area contributed by atoms with Crippen molar-refractivity contribution in [2.75, 3.05) is 24.7 Å². The summed E-state index contributed by atoms with van der Waals surface area (Å²) in [5.41, 5.74) is 0. The third kappa shape index (κ3) is 5.41. The van der Waals surface area contributed by atoms with Gasteiger partial charge in [-0.05, 0) is 24.7 Å². The standard InChI is InChI=1S/C11H19NO4S/c13-5-9-3-1-2-8(9)4-12-10(14)6-17-7-11(15)16/h8-9,13H,1-7H2,(H,12,14)(H,15,16). The summed E-state index contributed by atoms with van der Waals surface area (Å²) in [7, 11) is 0. The minimum absolute atomic E-state index is 0.0455. The van der Waals surface area contributed by atoms with E-state index in [-0.39, 0.29) is 24.0 Å². The van der Waals surface area contributed by atoms with E-state index in [1.54, 1.807) is 0 Å². The van der Waals surface area contributed by atoms with E-state index in [1.807, 2.05) is 0 Å². The Morgan fingerprint density at radius 1 is 1.24 bits per heavy atom. The molecule has 98 valence electrons. The van der Waals surface area contributed by atoms with Gasteiger partial charge in [-0.2, -0.15) is 0 Å². The Bertz CT molecular complexity index is 272. The number of hydrogen-bond acceptors (Lipinski definition) is 4. The quantitative estimate of drug-likeness (QED) is 0.615. The monoisotopic (exact) mass is 261 g/mol. The molecular formula is C11H19NO4S. The van der Waals surface area contributed by atoms with Gasteiger partial charge in [0.25, 0.3) is 0 Å². The van der Waals surface area contributed by atoms with Gasteiger partial charge in [0.2, 0.25) is 5.91 Å². The highest BCUT2D eigenvalue weighted by Gasteiger charge is 2.26. The molecule has 17 heavy (non-hydrogen) atoms. The smallest absolute Gasteiger partial charge is 0.313 e. The zero-order chi connectivity index (χ0) is 12.7. The van der Waals surface area contributed by atoms with Crippen LogP contribution in [0.25, 0.3) is 0 Å². The summed E-state index contributed by atoms with van der Waals surface area (Å²) in [6.45, 7) is 0.784. The highest BCUT2D eigenvalue weighted by Crippen LogP contribution is 2.30. The van der Waals surface area contributed by atoms with Crippen LogP contribution in [0.2, 0.25) is 0 Å². The average molecular weight is 261 g/mol. The molecule has 0 saturated heterocycles. The highest BCUT2D eigenvalue weighted by molar-refractivity contribution is 8.00. The molecule has 2 atom stereocenters. The molecular weight excluding hydrogens is 242 g/mol. The van der Waals surface area contributed by atoms with Crippen molar-refractivity contribution in [3.05, 3.63) is 0 Å². The van der Waals surface area contributed by atoms with Crippen LogP contribution >= 0.6 is 11.8 Å². The minimum atomic E-state index is -0.904. The molecule has 1 rings (SSSR count). The molecule has 2 unspecified atom stereocenters. The predicted octanol–water partition coefficient (Wildman–Crippen LogP) is 0.329. The van der Waals surface area contributed by atoms with Crippen molar-refractivity contribution in [3.63, 3.8) is 0 Å². The molecule has 1 fully saturated rings. The Kier molecular flexibility index (Phi) is 6.36. The molecule has 1 aliphatic rings. The molecule has 0 spiro atoms. The number of carboxylic acid groups (broad SMARTS) is 1. The summed E-state index contributed by atoms with van der Waals surface area (Å²) < 4.78 is 0. The maximum absolute atomic E-state index is 11.4. The zero-order valence-electron chi connectivity index (χ0n) is 9.72. The summed E-state index contributed by atoms with van der Waals surface area (Å²) in [5.74, 6) is -0.215. The van der Waals surface area contributed by atoms with Gasteiger partial charge in [-0.25, -0.2) is 0 Å². The van der Waals surface area contributed by atoms with E-state index in [1.165, 1.54) is 0 Å². The van der Waals surface area contributed by atoms with Gasteiger partial charge in [-0.3, -0.25) is 9.59 Å². The predicted molar refractivity (Wildman–Crippen MR) is 65.9 cm³/mol. The fourth-order valence-electron chi connectivity index (χ4n) is 2.15. The van der Waals surface area contributed by atoms with E-state index in [0.29, 0.717) is 18.4 Å². The maximum Gasteiger partial charge on any atom is 0.313 e. The van der Waals surface area contributed by atoms with E-state index < -0.39 is 5.97 Å². The molecule has 0 bridgehead atoms. The van der Waals surface area contributed by atoms with E-state index in [4.69, 9.17) is 10.2 Å². The molecule has 3 N–H and O–H groups in total. The van der Waals surface area contributed by atoms with E-state index >= 15 is 0 Å². The van der Waals surface area contributed by atoms with Crippen LogP contribution < -0.4 is 5.32 Å². The van der Waals surface area contributed by atoms with Crippen LogP contribution in [0, 0.1) is 11.8 Å². The summed E-state index contributed by atoms with van der Waals surface area (Å²) in [6, 6.07) is 0. The van der Waals surface area contributed by atoms with Crippen LogP contribution in [0.3, 0.4) is 0 Å². The molecule has 0 heterocycles. The lowest BCUT2D eigenvalue weighted by atomic mass is 9.97. The number of carbonyl (C=O) groups is 2. The number of aliphatic hydroxyl groups excluding tert-OH is 1. The van der Waals surface area contributed by atoms with Gasteiger partial charge in [0, 0.05) is 13.2 Å². The molecule has 1 amide bonds. The lowest BCUT2D eigenvalue weighted by Gasteiger charge is -2.17. The number of carboxylic acids is 1. The van der Waals surface area contributed by atoms with Crippen LogP contribution in [0.15, 0.2) is 0 Å². The first-order valence-electron chi connectivity index (χ1n) is 5.80. The largest absolute Gasteiger partial charge is 0.481 e. The van der Waals surface area contributed by atoms with Crippen molar-refractivity contribution in [2.24, 2.45) is 11.8 Å². The molecule has 0 aromatic heterocycles. The van der Waals surface area contributed by atoms with Gasteiger partial charge in [-0.15, -0.1) is 11.8 Å². The molecule has 6 heteroatoms. The number of thioether (sulfide) groups is 1. The third-order valence-corrected chi connectivity index (χ3v) is 3.99. The second-order valence-corrected chi connectivity index (χ2v) is 5.31. The molecule has 0 aliphatic heterocycles. The van der Waals surface area contributed by atoms with Gasteiger partial charge in [0.15, 0.2) is 0 Å². The SMILES string of the molecule is O=C(O)CSCC(=O)NCC1CCCC1CO.